The van der Waals surface area contributed by atoms with Crippen LogP contribution in [0.1, 0.15) is 0 Å². The molecule has 0 saturated heterocycles. The van der Waals surface area contributed by atoms with Gasteiger partial charge >= 0.3 is 0 Å². The van der Waals surface area contributed by atoms with E-state index in [9.17, 15) is 0 Å². The average molecular weight is 769 g/mol. The first-order chi connectivity index (χ1) is 29.8. The van der Waals surface area contributed by atoms with Gasteiger partial charge in [0.25, 0.3) is 0 Å². The van der Waals surface area contributed by atoms with Crippen LogP contribution in [0.2, 0.25) is 0 Å². The number of fused-ring (bicyclic) bond motifs is 7. The molecular formula is C52H32N8. The van der Waals surface area contributed by atoms with Crippen molar-refractivity contribution in [3.05, 3.63) is 195 Å². The zero-order valence-electron chi connectivity index (χ0n) is 32.1. The summed E-state index contributed by atoms with van der Waals surface area (Å²) in [6.45, 7) is 0. The van der Waals surface area contributed by atoms with Crippen LogP contribution in [0.3, 0.4) is 0 Å². The molecule has 280 valence electrons. The molecule has 12 rings (SSSR count). The van der Waals surface area contributed by atoms with Gasteiger partial charge in [0.1, 0.15) is 35.3 Å². The van der Waals surface area contributed by atoms with Crippen molar-refractivity contribution < 1.29 is 0 Å². The van der Waals surface area contributed by atoms with Crippen LogP contribution in [0.25, 0.3) is 111 Å². The lowest BCUT2D eigenvalue weighted by Gasteiger charge is -2.16. The lowest BCUT2D eigenvalue weighted by molar-refractivity contribution is 1.07. The van der Waals surface area contributed by atoms with E-state index >= 15 is 0 Å². The fourth-order valence-electron chi connectivity index (χ4n) is 8.72. The molecule has 8 heteroatoms. The van der Waals surface area contributed by atoms with E-state index in [4.69, 9.17) is 9.97 Å². The van der Waals surface area contributed by atoms with Crippen LogP contribution in [0.4, 0.5) is 0 Å². The minimum atomic E-state index is 0.752. The van der Waals surface area contributed by atoms with E-state index in [0.717, 1.165) is 67.6 Å². The zero-order chi connectivity index (χ0) is 39.6. The molecule has 0 spiro atoms. The van der Waals surface area contributed by atoms with Gasteiger partial charge < -0.3 is 0 Å². The number of para-hydroxylation sites is 2. The Morgan fingerprint density at radius 1 is 0.333 bits per heavy atom. The molecule has 8 aromatic carbocycles. The standard InChI is InChI=1S/C52H32N8/c1-3-11-37(12-4-1)59-49(57-47-29-53-31-55-51(47)59)35-23-19-33(20-24-35)43-27-45-42-18-10-8-16-40(42)44(28-46(45)41-17-9-7-15-39(41)43)34-21-25-36(26-22-34)50-58-48-30-54-32-56-52(48)60(50)38-13-5-2-6-14-38/h1-32H. The molecule has 0 aliphatic rings. The summed E-state index contributed by atoms with van der Waals surface area (Å²) >= 11 is 0. The maximum absolute atomic E-state index is 4.99. The van der Waals surface area contributed by atoms with E-state index in [2.05, 4.69) is 163 Å². The summed E-state index contributed by atoms with van der Waals surface area (Å²) in [6, 6.07) is 60.2. The maximum atomic E-state index is 4.99. The van der Waals surface area contributed by atoms with Crippen molar-refractivity contribution in [3.8, 4) is 56.4 Å². The lowest BCUT2D eigenvalue weighted by Crippen LogP contribution is -1.98. The Bertz CT molecular complexity index is 3340. The van der Waals surface area contributed by atoms with E-state index in [1.807, 2.05) is 36.4 Å². The van der Waals surface area contributed by atoms with Crippen LogP contribution >= 0.6 is 0 Å². The molecule has 0 bridgehead atoms. The first-order valence-electron chi connectivity index (χ1n) is 19.8. The van der Waals surface area contributed by atoms with Crippen molar-refractivity contribution >= 4 is 54.6 Å². The molecule has 4 heterocycles. The molecular weight excluding hydrogens is 737 g/mol. The van der Waals surface area contributed by atoms with Crippen molar-refractivity contribution in [3.63, 3.8) is 0 Å². The normalized spacial score (nSPS) is 11.7. The van der Waals surface area contributed by atoms with Crippen LogP contribution in [0.15, 0.2) is 195 Å². The van der Waals surface area contributed by atoms with Gasteiger partial charge in [-0.3, -0.25) is 9.13 Å². The van der Waals surface area contributed by atoms with Gasteiger partial charge in [-0.25, -0.2) is 29.9 Å². The SMILES string of the molecule is c1ccc(-n2c(-c3ccc(-c4cc5c6ccccc6c(-c6ccc(-c7nc8cncnc8n7-c7ccccc7)cc6)cc5c5ccccc45)cc3)nc3cncnc32)cc1. The summed E-state index contributed by atoms with van der Waals surface area (Å²) in [7, 11) is 0. The molecule has 0 unspecified atom stereocenters. The maximum Gasteiger partial charge on any atom is 0.168 e. The number of rotatable bonds is 6. The number of nitrogens with zero attached hydrogens (tertiary/aromatic N) is 8. The fraction of sp³-hybridized carbons (Fsp3) is 0. The summed E-state index contributed by atoms with van der Waals surface area (Å²) in [4.78, 5) is 27.7. The largest absolute Gasteiger partial charge is 0.277 e. The molecule has 0 aliphatic carbocycles. The lowest BCUT2D eigenvalue weighted by atomic mass is 9.87. The Morgan fingerprint density at radius 3 is 1.12 bits per heavy atom. The van der Waals surface area contributed by atoms with Gasteiger partial charge in [0, 0.05) is 22.5 Å². The van der Waals surface area contributed by atoms with Crippen LogP contribution in [0.5, 0.6) is 0 Å². The smallest absolute Gasteiger partial charge is 0.168 e. The average Bonchev–Trinajstić information content (AvgIpc) is 3.91. The van der Waals surface area contributed by atoms with Crippen LogP contribution in [-0.4, -0.2) is 39.0 Å². The third-order valence-electron chi connectivity index (χ3n) is 11.5. The molecule has 0 N–H and O–H groups in total. The molecule has 0 amide bonds. The van der Waals surface area contributed by atoms with E-state index in [0.29, 0.717) is 0 Å². The second-order valence-electron chi connectivity index (χ2n) is 14.9. The predicted octanol–water partition coefficient (Wildman–Crippen LogP) is 12.1. The first-order valence-corrected chi connectivity index (χ1v) is 19.8. The van der Waals surface area contributed by atoms with Crippen molar-refractivity contribution in [1.82, 2.24) is 39.0 Å². The quantitative estimate of drug-likeness (QED) is 0.157. The summed E-state index contributed by atoms with van der Waals surface area (Å²) in [5.41, 5.74) is 11.7. The van der Waals surface area contributed by atoms with E-state index in [1.54, 1.807) is 25.0 Å². The molecule has 0 fully saturated rings. The molecule has 0 aliphatic heterocycles. The van der Waals surface area contributed by atoms with Crippen LogP contribution < -0.4 is 0 Å². The number of benzene rings is 8. The minimum Gasteiger partial charge on any atom is -0.277 e. The summed E-state index contributed by atoms with van der Waals surface area (Å²) < 4.78 is 4.20. The highest BCUT2D eigenvalue weighted by atomic mass is 15.2. The highest BCUT2D eigenvalue weighted by Crippen LogP contribution is 2.42. The zero-order valence-corrected chi connectivity index (χ0v) is 32.1. The molecule has 0 saturated carbocycles. The van der Waals surface area contributed by atoms with Crippen molar-refractivity contribution in [1.29, 1.82) is 0 Å². The highest BCUT2D eigenvalue weighted by Gasteiger charge is 2.19. The van der Waals surface area contributed by atoms with E-state index in [1.165, 1.54) is 43.4 Å². The topological polar surface area (TPSA) is 87.2 Å². The van der Waals surface area contributed by atoms with E-state index < -0.39 is 0 Å². The van der Waals surface area contributed by atoms with Crippen molar-refractivity contribution in [2.45, 2.75) is 0 Å². The fourth-order valence-corrected chi connectivity index (χ4v) is 8.72. The Kier molecular flexibility index (Phi) is 7.67. The molecule has 0 radical (unpaired) electrons. The highest BCUT2D eigenvalue weighted by molar-refractivity contribution is 6.23. The van der Waals surface area contributed by atoms with Crippen molar-refractivity contribution in [2.75, 3.05) is 0 Å². The molecule has 12 aromatic rings. The molecule has 4 aromatic heterocycles. The van der Waals surface area contributed by atoms with Gasteiger partial charge in [0.05, 0.1) is 12.4 Å². The minimum absolute atomic E-state index is 0.752. The Morgan fingerprint density at radius 2 is 0.700 bits per heavy atom. The second kappa shape index (κ2) is 13.6. The summed E-state index contributed by atoms with van der Waals surface area (Å²) in [6.07, 6.45) is 6.69. The second-order valence-corrected chi connectivity index (χ2v) is 14.9. The van der Waals surface area contributed by atoms with Gasteiger partial charge in [-0.1, -0.05) is 133 Å². The summed E-state index contributed by atoms with van der Waals surface area (Å²) in [5.74, 6) is 1.64. The van der Waals surface area contributed by atoms with Gasteiger partial charge in [-0.05, 0) is 91.0 Å². The molecule has 0 atom stereocenters. The van der Waals surface area contributed by atoms with E-state index in [-0.39, 0.29) is 0 Å². The van der Waals surface area contributed by atoms with Gasteiger partial charge in [0.2, 0.25) is 0 Å². The number of imidazole rings is 2. The van der Waals surface area contributed by atoms with Gasteiger partial charge in [-0.15, -0.1) is 0 Å². The van der Waals surface area contributed by atoms with Gasteiger partial charge in [-0.2, -0.15) is 0 Å². The van der Waals surface area contributed by atoms with Crippen LogP contribution in [0, 0.1) is 0 Å². The molecule has 8 nitrogen and oxygen atoms in total. The van der Waals surface area contributed by atoms with Crippen molar-refractivity contribution in [2.24, 2.45) is 0 Å². The Labute approximate surface area is 343 Å². The first kappa shape index (κ1) is 33.7. The Balaban J connectivity index is 0.979. The third-order valence-corrected chi connectivity index (χ3v) is 11.5. The van der Waals surface area contributed by atoms with Crippen LogP contribution in [-0.2, 0) is 0 Å². The number of aromatic nitrogens is 8. The monoisotopic (exact) mass is 768 g/mol. The number of hydrogen-bond acceptors (Lipinski definition) is 6. The van der Waals surface area contributed by atoms with Gasteiger partial charge in [0.15, 0.2) is 11.3 Å². The predicted molar refractivity (Wildman–Crippen MR) is 241 cm³/mol. The third kappa shape index (κ3) is 5.39. The Hall–Kier alpha value is -8.36. The summed E-state index contributed by atoms with van der Waals surface area (Å²) in [5, 5.41) is 7.24. The number of hydrogen-bond donors (Lipinski definition) is 0. The molecule has 60 heavy (non-hydrogen) atoms.